The van der Waals surface area contributed by atoms with E-state index in [0.717, 1.165) is 16.9 Å². The molecule has 29 heavy (non-hydrogen) atoms. The van der Waals surface area contributed by atoms with Crippen LogP contribution in [0.15, 0.2) is 42.6 Å². The van der Waals surface area contributed by atoms with Gasteiger partial charge in [0.15, 0.2) is 0 Å². The first-order valence-electron chi connectivity index (χ1n) is 9.63. The van der Waals surface area contributed by atoms with E-state index in [2.05, 4.69) is 29.5 Å². The number of amides is 2. The van der Waals surface area contributed by atoms with E-state index in [0.29, 0.717) is 5.82 Å². The van der Waals surface area contributed by atoms with Crippen LogP contribution in [0.2, 0.25) is 0 Å². The Balaban J connectivity index is 1.87. The van der Waals surface area contributed by atoms with Gasteiger partial charge < -0.3 is 15.4 Å². The Hall–Kier alpha value is -2.93. The molecule has 0 saturated heterocycles. The van der Waals surface area contributed by atoms with Crippen LogP contribution >= 0.6 is 0 Å². The Bertz CT molecular complexity index is 804. The number of rotatable bonds is 9. The van der Waals surface area contributed by atoms with Crippen molar-refractivity contribution >= 4 is 17.6 Å². The molecule has 0 aliphatic heterocycles. The second kappa shape index (κ2) is 10.6. The average Bonchev–Trinajstić information content (AvgIpc) is 2.67. The number of ether oxygens (including phenoxy) is 1. The number of nitrogens with one attached hydrogen (secondary N) is 2. The fraction of sp³-hybridized carbons (Fsp3) is 0.409. The summed E-state index contributed by atoms with van der Waals surface area (Å²) in [5, 5.41) is 5.80. The molecule has 156 valence electrons. The van der Waals surface area contributed by atoms with Gasteiger partial charge in [-0.2, -0.15) is 0 Å². The van der Waals surface area contributed by atoms with Gasteiger partial charge in [-0.15, -0.1) is 0 Å². The summed E-state index contributed by atoms with van der Waals surface area (Å²) in [5.74, 6) is 1.14. The molecule has 2 rings (SSSR count). The maximum absolute atomic E-state index is 12.5. The number of likely N-dealkylation sites (N-methyl/N-ethyl adjacent to an activating group) is 1. The minimum Gasteiger partial charge on any atom is -0.497 e. The molecular weight excluding hydrogens is 368 g/mol. The lowest BCUT2D eigenvalue weighted by Gasteiger charge is -2.24. The fourth-order valence-electron chi connectivity index (χ4n) is 2.94. The molecule has 0 spiro atoms. The number of aryl methyl sites for hydroxylation is 1. The number of pyridine rings is 1. The van der Waals surface area contributed by atoms with Crippen LogP contribution < -0.4 is 15.4 Å². The van der Waals surface area contributed by atoms with Crippen molar-refractivity contribution in [3.05, 3.63) is 53.7 Å². The minimum atomic E-state index is -0.216. The summed E-state index contributed by atoms with van der Waals surface area (Å²) < 4.78 is 5.19. The zero-order valence-electron chi connectivity index (χ0n) is 17.7. The van der Waals surface area contributed by atoms with Gasteiger partial charge in [-0.1, -0.05) is 32.0 Å². The second-order valence-corrected chi connectivity index (χ2v) is 7.50. The van der Waals surface area contributed by atoms with Gasteiger partial charge in [0, 0.05) is 6.20 Å². The van der Waals surface area contributed by atoms with Crippen molar-refractivity contribution in [1.82, 2.24) is 15.2 Å². The minimum absolute atomic E-state index is 0.0951. The zero-order chi connectivity index (χ0) is 21.4. The van der Waals surface area contributed by atoms with Gasteiger partial charge in [-0.05, 0) is 49.2 Å². The summed E-state index contributed by atoms with van der Waals surface area (Å²) in [6, 6.07) is 11.2. The van der Waals surface area contributed by atoms with Crippen molar-refractivity contribution in [2.75, 3.05) is 32.6 Å². The summed E-state index contributed by atoms with van der Waals surface area (Å²) in [5.41, 5.74) is 2.04. The van der Waals surface area contributed by atoms with E-state index >= 15 is 0 Å². The number of hydrogen-bond donors (Lipinski definition) is 2. The molecule has 0 aliphatic rings. The smallest absolute Gasteiger partial charge is 0.239 e. The number of methoxy groups -OCH3 is 1. The first-order valence-corrected chi connectivity index (χ1v) is 9.63. The molecule has 1 heterocycles. The predicted octanol–water partition coefficient (Wildman–Crippen LogP) is 2.78. The van der Waals surface area contributed by atoms with Crippen LogP contribution in [0.5, 0.6) is 5.75 Å². The Kier molecular flexibility index (Phi) is 8.15. The molecule has 0 fully saturated rings. The zero-order valence-corrected chi connectivity index (χ0v) is 17.7. The number of hydrogen-bond acceptors (Lipinski definition) is 5. The average molecular weight is 399 g/mol. The lowest BCUT2D eigenvalue weighted by molar-refractivity contribution is -0.123. The predicted molar refractivity (Wildman–Crippen MR) is 114 cm³/mol. The Morgan fingerprint density at radius 1 is 1.07 bits per heavy atom. The third kappa shape index (κ3) is 7.19. The van der Waals surface area contributed by atoms with E-state index in [1.54, 1.807) is 31.3 Å². The third-order valence-corrected chi connectivity index (χ3v) is 4.46. The highest BCUT2D eigenvalue weighted by Crippen LogP contribution is 2.23. The molecule has 7 nitrogen and oxygen atoms in total. The van der Waals surface area contributed by atoms with Gasteiger partial charge in [0.05, 0.1) is 26.2 Å². The molecule has 1 unspecified atom stereocenters. The first kappa shape index (κ1) is 22.4. The molecule has 1 atom stereocenters. The summed E-state index contributed by atoms with van der Waals surface area (Å²) in [4.78, 5) is 30.5. The van der Waals surface area contributed by atoms with Crippen molar-refractivity contribution in [2.45, 2.75) is 26.8 Å². The topological polar surface area (TPSA) is 83.6 Å². The van der Waals surface area contributed by atoms with Crippen molar-refractivity contribution in [3.8, 4) is 5.75 Å². The number of aromatic nitrogens is 1. The van der Waals surface area contributed by atoms with E-state index in [4.69, 9.17) is 4.74 Å². The number of carbonyl (C=O) groups is 2. The molecular formula is C22H30N4O3. The lowest BCUT2D eigenvalue weighted by Crippen LogP contribution is -2.41. The maximum atomic E-state index is 12.5. The lowest BCUT2D eigenvalue weighted by atomic mass is 9.96. The molecule has 1 aromatic heterocycles. The van der Waals surface area contributed by atoms with E-state index < -0.39 is 0 Å². The largest absolute Gasteiger partial charge is 0.497 e. The van der Waals surface area contributed by atoms with Crippen LogP contribution in [0.4, 0.5) is 5.82 Å². The van der Waals surface area contributed by atoms with Crippen LogP contribution in [0.25, 0.3) is 0 Å². The monoisotopic (exact) mass is 398 g/mol. The van der Waals surface area contributed by atoms with Gasteiger partial charge in [0.2, 0.25) is 11.8 Å². The maximum Gasteiger partial charge on any atom is 0.239 e. The van der Waals surface area contributed by atoms with E-state index in [9.17, 15) is 9.59 Å². The molecule has 2 N–H and O–H groups in total. The Morgan fingerprint density at radius 2 is 1.72 bits per heavy atom. The molecule has 7 heteroatoms. The van der Waals surface area contributed by atoms with Gasteiger partial charge in [0.1, 0.15) is 11.6 Å². The van der Waals surface area contributed by atoms with Gasteiger partial charge in [0.25, 0.3) is 0 Å². The van der Waals surface area contributed by atoms with E-state index in [-0.39, 0.29) is 36.9 Å². The quantitative estimate of drug-likeness (QED) is 0.679. The fourth-order valence-corrected chi connectivity index (χ4v) is 2.94. The summed E-state index contributed by atoms with van der Waals surface area (Å²) >= 11 is 0. The third-order valence-electron chi connectivity index (χ3n) is 4.46. The number of nitrogens with zero attached hydrogens (tertiary/aromatic N) is 2. The van der Waals surface area contributed by atoms with Crippen molar-refractivity contribution in [1.29, 1.82) is 0 Å². The standard InChI is InChI=1S/C22H30N4O3/c1-15(2)22(17-7-9-18(29-5)10-8-17)25-21(28)14-26(4)13-20(27)24-19-11-6-16(3)12-23-19/h6-12,15,22H,13-14H2,1-5H3,(H,25,28)(H,23,24,27). The van der Waals surface area contributed by atoms with E-state index in [1.165, 1.54) is 0 Å². The van der Waals surface area contributed by atoms with Crippen LogP contribution in [0, 0.1) is 12.8 Å². The Morgan fingerprint density at radius 3 is 2.28 bits per heavy atom. The molecule has 0 bridgehead atoms. The number of benzene rings is 1. The highest BCUT2D eigenvalue weighted by molar-refractivity contribution is 5.91. The SMILES string of the molecule is COc1ccc(C(NC(=O)CN(C)CC(=O)Nc2ccc(C)cn2)C(C)C)cc1. The van der Waals surface area contributed by atoms with Crippen LogP contribution in [0.1, 0.15) is 31.0 Å². The number of carbonyl (C=O) groups excluding carboxylic acids is 2. The van der Waals surface area contributed by atoms with Crippen LogP contribution in [-0.2, 0) is 9.59 Å². The molecule has 2 aromatic rings. The van der Waals surface area contributed by atoms with Crippen molar-refractivity contribution in [2.24, 2.45) is 5.92 Å². The summed E-state index contributed by atoms with van der Waals surface area (Å²) in [6.07, 6.45) is 1.69. The first-order chi connectivity index (χ1) is 13.8. The van der Waals surface area contributed by atoms with E-state index in [1.807, 2.05) is 37.3 Å². The summed E-state index contributed by atoms with van der Waals surface area (Å²) in [7, 11) is 3.36. The van der Waals surface area contributed by atoms with Crippen molar-refractivity contribution in [3.63, 3.8) is 0 Å². The molecule has 0 saturated carbocycles. The Labute approximate surface area is 172 Å². The molecule has 0 radical (unpaired) electrons. The van der Waals surface area contributed by atoms with Gasteiger partial charge in [-0.25, -0.2) is 4.98 Å². The molecule has 0 aliphatic carbocycles. The van der Waals surface area contributed by atoms with Crippen LogP contribution in [0.3, 0.4) is 0 Å². The highest BCUT2D eigenvalue weighted by Gasteiger charge is 2.20. The number of anilines is 1. The summed E-state index contributed by atoms with van der Waals surface area (Å²) in [6.45, 7) is 6.26. The van der Waals surface area contributed by atoms with Gasteiger partial charge >= 0.3 is 0 Å². The van der Waals surface area contributed by atoms with Crippen molar-refractivity contribution < 1.29 is 14.3 Å². The normalized spacial score (nSPS) is 12.0. The van der Waals surface area contributed by atoms with Gasteiger partial charge in [-0.3, -0.25) is 14.5 Å². The highest BCUT2D eigenvalue weighted by atomic mass is 16.5. The second-order valence-electron chi connectivity index (χ2n) is 7.50. The molecule has 1 aromatic carbocycles. The van der Waals surface area contributed by atoms with Crippen LogP contribution in [-0.4, -0.2) is 48.9 Å². The molecule has 2 amide bonds.